The summed E-state index contributed by atoms with van der Waals surface area (Å²) in [5.74, 6) is -1.53. The number of likely N-dealkylation sites (tertiary alicyclic amines) is 1. The Bertz CT molecular complexity index is 1290. The second-order valence-corrected chi connectivity index (χ2v) is 9.12. The summed E-state index contributed by atoms with van der Waals surface area (Å²) in [6.07, 6.45) is 1.87. The topological polar surface area (TPSA) is 106 Å². The maximum Gasteiger partial charge on any atom is 0.272 e. The fraction of sp³-hybridized carbons (Fsp3) is 0.240. The molecular weight excluding hydrogens is 498 g/mol. The number of nitriles is 1. The Labute approximate surface area is 205 Å². The number of aromatic nitrogens is 1. The van der Waals surface area contributed by atoms with Crippen LogP contribution in [-0.2, 0) is 9.59 Å². The molecular formula is C25H22BrN5O3. The van der Waals surface area contributed by atoms with Gasteiger partial charge in [-0.25, -0.2) is 0 Å². The highest BCUT2D eigenvalue weighted by Gasteiger charge is 2.39. The van der Waals surface area contributed by atoms with E-state index in [2.05, 4.69) is 32.3 Å². The van der Waals surface area contributed by atoms with Crippen LogP contribution in [0.3, 0.4) is 0 Å². The van der Waals surface area contributed by atoms with Gasteiger partial charge in [-0.3, -0.25) is 19.4 Å². The first-order valence-electron chi connectivity index (χ1n) is 10.7. The number of amides is 3. The lowest BCUT2D eigenvalue weighted by atomic mass is 10.1. The number of hydrogen-bond donors (Lipinski definition) is 1. The Balaban J connectivity index is 1.41. The van der Waals surface area contributed by atoms with Gasteiger partial charge in [0.25, 0.3) is 5.91 Å². The second kappa shape index (κ2) is 10.0. The molecule has 2 atom stereocenters. The molecule has 8 nitrogen and oxygen atoms in total. The molecule has 9 heteroatoms. The van der Waals surface area contributed by atoms with E-state index in [0.29, 0.717) is 5.69 Å². The Morgan fingerprint density at radius 1 is 1.18 bits per heavy atom. The Kier molecular flexibility index (Phi) is 6.89. The first-order valence-corrected chi connectivity index (χ1v) is 11.5. The molecule has 3 aromatic rings. The van der Waals surface area contributed by atoms with Crippen molar-refractivity contribution < 1.29 is 14.4 Å². The second-order valence-electron chi connectivity index (χ2n) is 8.20. The third-order valence-corrected chi connectivity index (χ3v) is 6.30. The number of nitrogens with zero attached hydrogens (tertiary/aromatic N) is 4. The number of rotatable bonds is 5. The van der Waals surface area contributed by atoms with Crippen molar-refractivity contribution in [2.24, 2.45) is 5.92 Å². The van der Waals surface area contributed by atoms with Crippen molar-refractivity contribution in [1.82, 2.24) is 14.8 Å². The number of nitrogens with one attached hydrogen (secondary N) is 1. The SMILES string of the molecule is CN(CC(=O)N1CC(C(=O)Nc2ccccc2)CC1C#N)C(=O)c1cc2cc(Br)ccc2cn1. The molecule has 34 heavy (non-hydrogen) atoms. The van der Waals surface area contributed by atoms with Gasteiger partial charge in [0.1, 0.15) is 11.7 Å². The largest absolute Gasteiger partial charge is 0.331 e. The van der Waals surface area contributed by atoms with Crippen LogP contribution < -0.4 is 5.32 Å². The first-order chi connectivity index (χ1) is 16.4. The van der Waals surface area contributed by atoms with E-state index in [-0.39, 0.29) is 37.0 Å². The van der Waals surface area contributed by atoms with Crippen molar-refractivity contribution in [3.63, 3.8) is 0 Å². The van der Waals surface area contributed by atoms with Gasteiger partial charge in [-0.1, -0.05) is 40.2 Å². The summed E-state index contributed by atoms with van der Waals surface area (Å²) in [7, 11) is 1.52. The van der Waals surface area contributed by atoms with Gasteiger partial charge in [-0.05, 0) is 42.1 Å². The van der Waals surface area contributed by atoms with Crippen LogP contribution in [0.25, 0.3) is 10.8 Å². The molecule has 2 aromatic carbocycles. The van der Waals surface area contributed by atoms with Crippen molar-refractivity contribution in [2.75, 3.05) is 25.5 Å². The summed E-state index contributed by atoms with van der Waals surface area (Å²) in [6, 6.07) is 17.8. The average molecular weight is 520 g/mol. The zero-order valence-electron chi connectivity index (χ0n) is 18.4. The Morgan fingerprint density at radius 2 is 1.94 bits per heavy atom. The molecule has 1 N–H and O–H groups in total. The fourth-order valence-electron chi connectivity index (χ4n) is 3.98. The highest BCUT2D eigenvalue weighted by atomic mass is 79.9. The number of fused-ring (bicyclic) bond motifs is 1. The van der Waals surface area contributed by atoms with Crippen LogP contribution in [0.4, 0.5) is 5.69 Å². The summed E-state index contributed by atoms with van der Waals surface area (Å²) in [5, 5.41) is 14.1. The van der Waals surface area contributed by atoms with Crippen LogP contribution >= 0.6 is 15.9 Å². The molecule has 2 unspecified atom stereocenters. The van der Waals surface area contributed by atoms with Crippen LogP contribution in [0.1, 0.15) is 16.9 Å². The molecule has 4 rings (SSSR count). The van der Waals surface area contributed by atoms with Crippen molar-refractivity contribution in [1.29, 1.82) is 5.26 Å². The van der Waals surface area contributed by atoms with Crippen LogP contribution in [-0.4, -0.2) is 58.7 Å². The molecule has 0 bridgehead atoms. The molecule has 1 aromatic heterocycles. The molecule has 2 heterocycles. The number of pyridine rings is 1. The van der Waals surface area contributed by atoms with Gasteiger partial charge in [-0.15, -0.1) is 0 Å². The molecule has 0 radical (unpaired) electrons. The smallest absolute Gasteiger partial charge is 0.272 e. The van der Waals surface area contributed by atoms with E-state index in [0.717, 1.165) is 15.2 Å². The number of anilines is 1. The van der Waals surface area contributed by atoms with Crippen LogP contribution in [0.2, 0.25) is 0 Å². The minimum atomic E-state index is -0.723. The fourth-order valence-corrected chi connectivity index (χ4v) is 4.36. The Morgan fingerprint density at radius 3 is 2.68 bits per heavy atom. The predicted octanol–water partition coefficient (Wildman–Crippen LogP) is 3.45. The van der Waals surface area contributed by atoms with Crippen molar-refractivity contribution >= 4 is 50.1 Å². The van der Waals surface area contributed by atoms with Crippen molar-refractivity contribution in [3.05, 3.63) is 71.0 Å². The van der Waals surface area contributed by atoms with Gasteiger partial charge in [0.05, 0.1) is 18.5 Å². The van der Waals surface area contributed by atoms with E-state index >= 15 is 0 Å². The van der Waals surface area contributed by atoms with Gasteiger partial charge >= 0.3 is 0 Å². The molecule has 1 saturated heterocycles. The molecule has 1 aliphatic heterocycles. The third kappa shape index (κ3) is 5.07. The minimum absolute atomic E-state index is 0.125. The zero-order chi connectivity index (χ0) is 24.2. The number of benzene rings is 2. The summed E-state index contributed by atoms with van der Waals surface area (Å²) in [4.78, 5) is 45.4. The molecule has 172 valence electrons. The molecule has 1 fully saturated rings. The Hall–Kier alpha value is -3.77. The minimum Gasteiger partial charge on any atom is -0.331 e. The lowest BCUT2D eigenvalue weighted by Gasteiger charge is -2.23. The summed E-state index contributed by atoms with van der Waals surface area (Å²) in [5.41, 5.74) is 0.880. The monoisotopic (exact) mass is 519 g/mol. The highest BCUT2D eigenvalue weighted by Crippen LogP contribution is 2.25. The third-order valence-electron chi connectivity index (χ3n) is 5.80. The van der Waals surface area contributed by atoms with Gasteiger partial charge in [0.15, 0.2) is 0 Å². The number of halogens is 1. The first kappa shape index (κ1) is 23.4. The van der Waals surface area contributed by atoms with Crippen LogP contribution in [0.5, 0.6) is 0 Å². The number of para-hydroxylation sites is 1. The zero-order valence-corrected chi connectivity index (χ0v) is 20.0. The van der Waals surface area contributed by atoms with E-state index in [9.17, 15) is 19.6 Å². The number of likely N-dealkylation sites (N-methyl/N-ethyl adjacent to an activating group) is 1. The summed E-state index contributed by atoms with van der Waals surface area (Å²) in [6.45, 7) is -0.0950. The van der Waals surface area contributed by atoms with Crippen molar-refractivity contribution in [2.45, 2.75) is 12.5 Å². The number of hydrogen-bond acceptors (Lipinski definition) is 5. The molecule has 0 aliphatic carbocycles. The normalized spacial score (nSPS) is 17.3. The molecule has 1 aliphatic rings. The highest BCUT2D eigenvalue weighted by molar-refractivity contribution is 9.10. The van der Waals surface area contributed by atoms with Gasteiger partial charge < -0.3 is 15.1 Å². The standard InChI is InChI=1S/C25H22BrN5O3/c1-30(25(34)22-11-17-9-19(26)8-7-16(17)13-28-22)15-23(32)31-14-18(10-21(31)12-27)24(33)29-20-5-3-2-4-6-20/h2-9,11,13,18,21H,10,14-15H2,1H3,(H,29,33). The summed E-state index contributed by atoms with van der Waals surface area (Å²) >= 11 is 3.42. The lowest BCUT2D eigenvalue weighted by molar-refractivity contribution is -0.131. The summed E-state index contributed by atoms with van der Waals surface area (Å²) < 4.78 is 0.885. The lowest BCUT2D eigenvalue weighted by Crippen LogP contribution is -2.43. The maximum absolute atomic E-state index is 13.0. The van der Waals surface area contributed by atoms with E-state index in [1.54, 1.807) is 24.4 Å². The molecule has 0 spiro atoms. The van der Waals surface area contributed by atoms with Crippen LogP contribution in [0, 0.1) is 17.2 Å². The number of carbonyl (C=O) groups is 3. The van der Waals surface area contributed by atoms with E-state index in [4.69, 9.17) is 0 Å². The molecule has 3 amide bonds. The van der Waals surface area contributed by atoms with Gasteiger partial charge in [0, 0.05) is 35.3 Å². The van der Waals surface area contributed by atoms with E-state index in [1.807, 2.05) is 36.4 Å². The number of carbonyl (C=O) groups excluding carboxylic acids is 3. The van der Waals surface area contributed by atoms with Gasteiger partial charge in [-0.2, -0.15) is 5.26 Å². The van der Waals surface area contributed by atoms with Crippen LogP contribution in [0.15, 0.2) is 65.3 Å². The van der Waals surface area contributed by atoms with E-state index in [1.165, 1.54) is 16.8 Å². The van der Waals surface area contributed by atoms with E-state index < -0.39 is 17.9 Å². The van der Waals surface area contributed by atoms with Crippen molar-refractivity contribution in [3.8, 4) is 6.07 Å². The molecule has 0 saturated carbocycles. The van der Waals surface area contributed by atoms with Gasteiger partial charge in [0.2, 0.25) is 11.8 Å². The average Bonchev–Trinajstić information content (AvgIpc) is 3.28. The maximum atomic E-state index is 13.0. The predicted molar refractivity (Wildman–Crippen MR) is 131 cm³/mol. The quantitative estimate of drug-likeness (QED) is 0.555.